The van der Waals surface area contributed by atoms with Gasteiger partial charge in [0.15, 0.2) is 0 Å². The smallest absolute Gasteiger partial charge is 0.309 e. The van der Waals surface area contributed by atoms with Crippen LogP contribution in [0.4, 0.5) is 4.39 Å². The summed E-state index contributed by atoms with van der Waals surface area (Å²) in [6.45, 7) is 4.99. The monoisotopic (exact) mass is 281 g/mol. The number of aryl methyl sites for hydroxylation is 1. The molecule has 2 heterocycles. The van der Waals surface area contributed by atoms with E-state index in [4.69, 9.17) is 9.47 Å². The second-order valence-electron chi connectivity index (χ2n) is 5.05. The number of hydrogen-bond donors (Lipinski definition) is 0. The van der Waals surface area contributed by atoms with Gasteiger partial charge in [-0.1, -0.05) is 0 Å². The molecule has 0 amide bonds. The van der Waals surface area contributed by atoms with Gasteiger partial charge >= 0.3 is 5.97 Å². The Morgan fingerprint density at radius 3 is 3.00 bits per heavy atom. The number of ether oxygens (including phenoxy) is 2. The summed E-state index contributed by atoms with van der Waals surface area (Å²) in [5.41, 5.74) is 1.38. The predicted octanol–water partition coefficient (Wildman–Crippen LogP) is 2.60. The quantitative estimate of drug-likeness (QED) is 0.631. The van der Waals surface area contributed by atoms with E-state index < -0.39 is 5.95 Å². The normalized spacial score (nSPS) is 23.1. The fraction of sp³-hybridized carbons (Fsp3) is 0.600. The molecular weight excluding hydrogens is 261 g/mol. The molecule has 1 aromatic heterocycles. The van der Waals surface area contributed by atoms with Gasteiger partial charge in [-0.15, -0.1) is 0 Å². The summed E-state index contributed by atoms with van der Waals surface area (Å²) in [4.78, 5) is 15.9. The maximum atomic E-state index is 14.0. The standard InChI is InChI=1S/C15H20FNO3/c1-3-20-15(18)12-5-7-19-6-4-11(12)13-8-10(2)9-17-14(13)16/h8-9,11-12H,3-7H2,1-2H3. The zero-order valence-electron chi connectivity index (χ0n) is 11.9. The van der Waals surface area contributed by atoms with Crippen molar-refractivity contribution in [1.82, 2.24) is 4.98 Å². The van der Waals surface area contributed by atoms with Crippen LogP contribution in [0.25, 0.3) is 0 Å². The molecule has 0 radical (unpaired) electrons. The van der Waals surface area contributed by atoms with E-state index in [9.17, 15) is 9.18 Å². The molecule has 0 spiro atoms. The van der Waals surface area contributed by atoms with Crippen LogP contribution in [0.1, 0.15) is 36.8 Å². The maximum Gasteiger partial charge on any atom is 0.309 e. The maximum absolute atomic E-state index is 14.0. The zero-order valence-corrected chi connectivity index (χ0v) is 11.9. The molecule has 1 fully saturated rings. The Hall–Kier alpha value is -1.49. The third kappa shape index (κ3) is 3.33. The minimum absolute atomic E-state index is 0.232. The first-order valence-electron chi connectivity index (χ1n) is 7.00. The predicted molar refractivity (Wildman–Crippen MR) is 71.8 cm³/mol. The van der Waals surface area contributed by atoms with Crippen molar-refractivity contribution in [3.8, 4) is 0 Å². The summed E-state index contributed by atoms with van der Waals surface area (Å²) < 4.78 is 24.6. The van der Waals surface area contributed by atoms with Gasteiger partial charge in [0, 0.05) is 30.9 Å². The van der Waals surface area contributed by atoms with E-state index in [0.29, 0.717) is 38.2 Å². The van der Waals surface area contributed by atoms with Gasteiger partial charge in [-0.25, -0.2) is 4.98 Å². The van der Waals surface area contributed by atoms with Gasteiger partial charge in [0.2, 0.25) is 5.95 Å². The number of carbonyl (C=O) groups is 1. The van der Waals surface area contributed by atoms with Crippen LogP contribution in [0.15, 0.2) is 12.3 Å². The molecule has 1 aliphatic rings. The van der Waals surface area contributed by atoms with Crippen LogP contribution in [0.2, 0.25) is 0 Å². The lowest BCUT2D eigenvalue weighted by Crippen LogP contribution is -2.25. The SMILES string of the molecule is CCOC(=O)C1CCOCCC1c1cc(C)cnc1F. The summed E-state index contributed by atoms with van der Waals surface area (Å²) in [5.74, 6) is -1.37. The molecule has 2 unspecified atom stereocenters. The summed E-state index contributed by atoms with van der Waals surface area (Å²) >= 11 is 0. The van der Waals surface area contributed by atoms with Gasteiger partial charge in [0.25, 0.3) is 0 Å². The number of hydrogen-bond acceptors (Lipinski definition) is 4. The molecule has 1 aromatic rings. The molecule has 110 valence electrons. The summed E-state index contributed by atoms with van der Waals surface area (Å²) in [6, 6.07) is 1.77. The first kappa shape index (κ1) is 14.9. The van der Waals surface area contributed by atoms with Gasteiger partial charge in [0.1, 0.15) is 0 Å². The van der Waals surface area contributed by atoms with E-state index in [1.807, 2.05) is 6.92 Å². The highest BCUT2D eigenvalue weighted by atomic mass is 19.1. The Morgan fingerprint density at radius 1 is 1.50 bits per heavy atom. The molecule has 0 aliphatic carbocycles. The molecule has 20 heavy (non-hydrogen) atoms. The van der Waals surface area contributed by atoms with Crippen LogP contribution in [-0.2, 0) is 14.3 Å². The number of rotatable bonds is 3. The number of nitrogens with zero attached hydrogens (tertiary/aromatic N) is 1. The first-order chi connectivity index (χ1) is 9.63. The largest absolute Gasteiger partial charge is 0.466 e. The fourth-order valence-electron chi connectivity index (χ4n) is 2.66. The summed E-state index contributed by atoms with van der Waals surface area (Å²) in [6.07, 6.45) is 2.65. The van der Waals surface area contributed by atoms with Crippen molar-refractivity contribution in [2.45, 2.75) is 32.6 Å². The Bertz CT molecular complexity index is 478. The molecule has 1 aliphatic heterocycles. The molecule has 4 nitrogen and oxygen atoms in total. The number of carbonyl (C=O) groups excluding carboxylic acids is 1. The van der Waals surface area contributed by atoms with Crippen molar-refractivity contribution in [2.24, 2.45) is 5.92 Å². The van der Waals surface area contributed by atoms with Gasteiger partial charge in [-0.3, -0.25) is 4.79 Å². The van der Waals surface area contributed by atoms with Gasteiger partial charge in [-0.05, 0) is 38.3 Å². The molecular formula is C15H20FNO3. The van der Waals surface area contributed by atoms with Gasteiger partial charge < -0.3 is 9.47 Å². The van der Waals surface area contributed by atoms with Gasteiger partial charge in [0.05, 0.1) is 12.5 Å². The lowest BCUT2D eigenvalue weighted by molar-refractivity contribution is -0.149. The van der Waals surface area contributed by atoms with Crippen LogP contribution < -0.4 is 0 Å². The van der Waals surface area contributed by atoms with E-state index >= 15 is 0 Å². The van der Waals surface area contributed by atoms with Crippen molar-refractivity contribution in [2.75, 3.05) is 19.8 Å². The lowest BCUT2D eigenvalue weighted by atomic mass is 9.82. The highest BCUT2D eigenvalue weighted by Gasteiger charge is 2.34. The minimum atomic E-state index is -0.503. The van der Waals surface area contributed by atoms with E-state index in [1.165, 1.54) is 6.20 Å². The molecule has 0 bridgehead atoms. The van der Waals surface area contributed by atoms with E-state index in [1.54, 1.807) is 13.0 Å². The zero-order chi connectivity index (χ0) is 14.5. The minimum Gasteiger partial charge on any atom is -0.466 e. The molecule has 2 atom stereocenters. The highest BCUT2D eigenvalue weighted by molar-refractivity contribution is 5.73. The van der Waals surface area contributed by atoms with E-state index in [0.717, 1.165) is 5.56 Å². The van der Waals surface area contributed by atoms with Crippen LogP contribution in [0, 0.1) is 18.8 Å². The van der Waals surface area contributed by atoms with Crippen molar-refractivity contribution in [3.63, 3.8) is 0 Å². The van der Waals surface area contributed by atoms with Crippen LogP contribution in [0.5, 0.6) is 0 Å². The second kappa shape index (κ2) is 6.79. The number of aromatic nitrogens is 1. The van der Waals surface area contributed by atoms with Crippen LogP contribution >= 0.6 is 0 Å². The third-order valence-corrected chi connectivity index (χ3v) is 3.62. The van der Waals surface area contributed by atoms with Crippen molar-refractivity contribution in [1.29, 1.82) is 0 Å². The Labute approximate surface area is 118 Å². The molecule has 0 N–H and O–H groups in total. The number of esters is 1. The van der Waals surface area contributed by atoms with Crippen molar-refractivity contribution >= 4 is 5.97 Å². The molecule has 5 heteroatoms. The second-order valence-corrected chi connectivity index (χ2v) is 5.05. The topological polar surface area (TPSA) is 48.4 Å². The fourth-order valence-corrected chi connectivity index (χ4v) is 2.66. The summed E-state index contributed by atoms with van der Waals surface area (Å²) in [5, 5.41) is 0. The lowest BCUT2D eigenvalue weighted by Gasteiger charge is -2.23. The average Bonchev–Trinajstić information content (AvgIpc) is 2.67. The third-order valence-electron chi connectivity index (χ3n) is 3.62. The van der Waals surface area contributed by atoms with Gasteiger partial charge in [-0.2, -0.15) is 4.39 Å². The summed E-state index contributed by atoms with van der Waals surface area (Å²) in [7, 11) is 0. The van der Waals surface area contributed by atoms with Crippen molar-refractivity contribution in [3.05, 3.63) is 29.3 Å². The Balaban J connectivity index is 2.32. The average molecular weight is 281 g/mol. The molecule has 0 aromatic carbocycles. The Kier molecular flexibility index (Phi) is 5.06. The van der Waals surface area contributed by atoms with Crippen LogP contribution in [0.3, 0.4) is 0 Å². The molecule has 1 saturated heterocycles. The number of halogens is 1. The number of pyridine rings is 1. The first-order valence-corrected chi connectivity index (χ1v) is 7.00. The van der Waals surface area contributed by atoms with E-state index in [-0.39, 0.29) is 17.8 Å². The van der Waals surface area contributed by atoms with Crippen molar-refractivity contribution < 1.29 is 18.7 Å². The molecule has 2 rings (SSSR count). The van der Waals surface area contributed by atoms with E-state index in [2.05, 4.69) is 4.98 Å². The Morgan fingerprint density at radius 2 is 2.25 bits per heavy atom. The molecule has 0 saturated carbocycles. The van der Waals surface area contributed by atoms with Crippen LogP contribution in [-0.4, -0.2) is 30.8 Å². The highest BCUT2D eigenvalue weighted by Crippen LogP contribution is 2.35.